The van der Waals surface area contributed by atoms with Gasteiger partial charge < -0.3 is 19.9 Å². The van der Waals surface area contributed by atoms with Crippen LogP contribution in [0.25, 0.3) is 11.1 Å². The number of carbonyl (C=O) groups excluding carboxylic acids is 2. The maximum atomic E-state index is 13.5. The molecule has 6 nitrogen and oxygen atoms in total. The molecule has 3 aromatic rings. The van der Waals surface area contributed by atoms with Crippen molar-refractivity contribution in [1.29, 1.82) is 0 Å². The highest BCUT2D eigenvalue weighted by molar-refractivity contribution is 5.96. The number of amides is 1. The Hall–Kier alpha value is -3.64. The van der Waals surface area contributed by atoms with E-state index < -0.39 is 5.41 Å². The van der Waals surface area contributed by atoms with Gasteiger partial charge in [-0.05, 0) is 77.8 Å². The minimum Gasteiger partial charge on any atom is -0.454 e. The number of hydrogen-bond donors (Lipinski definition) is 2. The first kappa shape index (κ1) is 25.0. The van der Waals surface area contributed by atoms with Crippen molar-refractivity contribution in [3.63, 3.8) is 0 Å². The maximum Gasteiger partial charge on any atom is 0.251 e. The summed E-state index contributed by atoms with van der Waals surface area (Å²) < 4.78 is 10.9. The number of carbonyl (C=O) groups is 2. The lowest BCUT2D eigenvalue weighted by Crippen LogP contribution is -2.41. The van der Waals surface area contributed by atoms with Crippen molar-refractivity contribution in [2.75, 3.05) is 13.4 Å². The largest absolute Gasteiger partial charge is 0.454 e. The van der Waals surface area contributed by atoms with Gasteiger partial charge in [-0.2, -0.15) is 0 Å². The zero-order valence-corrected chi connectivity index (χ0v) is 21.5. The molecule has 192 valence electrons. The van der Waals surface area contributed by atoms with Crippen LogP contribution in [0.2, 0.25) is 0 Å². The average molecular weight is 500 g/mol. The Balaban J connectivity index is 1.32. The molecule has 1 saturated carbocycles. The van der Waals surface area contributed by atoms with Gasteiger partial charge in [0.05, 0.1) is 18.1 Å². The Labute approximate surface area is 217 Å². The van der Waals surface area contributed by atoms with Crippen LogP contribution >= 0.6 is 0 Å². The summed E-state index contributed by atoms with van der Waals surface area (Å²) in [6.07, 6.45) is 2.06. The van der Waals surface area contributed by atoms with Crippen LogP contribution in [0.3, 0.4) is 0 Å². The van der Waals surface area contributed by atoms with Gasteiger partial charge in [0.2, 0.25) is 6.79 Å². The first-order valence-electron chi connectivity index (χ1n) is 12.9. The third-order valence-corrected chi connectivity index (χ3v) is 7.65. The van der Waals surface area contributed by atoms with Gasteiger partial charge in [0.1, 0.15) is 5.78 Å². The van der Waals surface area contributed by atoms with Gasteiger partial charge in [0.25, 0.3) is 5.91 Å². The number of benzene rings is 3. The van der Waals surface area contributed by atoms with E-state index >= 15 is 0 Å². The molecular weight excluding hydrogens is 466 g/mol. The number of Topliss-reactive ketones (excluding diaryl/α,β-unsaturated/α-hetero) is 1. The molecule has 1 fully saturated rings. The second-order valence-electron chi connectivity index (χ2n) is 10.5. The predicted molar refractivity (Wildman–Crippen MR) is 142 cm³/mol. The normalized spacial score (nSPS) is 15.9. The molecule has 1 aliphatic heterocycles. The summed E-state index contributed by atoms with van der Waals surface area (Å²) in [7, 11) is 0. The summed E-state index contributed by atoms with van der Waals surface area (Å²) in [5, 5.41) is 12.4. The Morgan fingerprint density at radius 3 is 2.38 bits per heavy atom. The minimum absolute atomic E-state index is 0.0951. The Kier molecular flexibility index (Phi) is 6.78. The zero-order valence-electron chi connectivity index (χ0n) is 21.5. The van der Waals surface area contributed by atoms with Crippen molar-refractivity contribution >= 4 is 11.7 Å². The van der Waals surface area contributed by atoms with Crippen LogP contribution in [-0.4, -0.2) is 36.2 Å². The van der Waals surface area contributed by atoms with Gasteiger partial charge in [-0.25, -0.2) is 0 Å². The molecule has 1 amide bonds. The first-order chi connectivity index (χ1) is 17.8. The summed E-state index contributed by atoms with van der Waals surface area (Å²) in [6, 6.07) is 19.2. The standard InChI is InChI=1S/C31H33NO5/c1-19(2)26(17-33)32-30(35)23-8-6-22(7-9-23)25-14-21(5-4-20(25)3)15-29(34)31(12-13-31)24-10-11-27-28(16-24)37-18-36-27/h4-11,14,16,19,26,33H,12-13,15,17-18H2,1-3H3,(H,32,35)/t26-/m0/s1. The highest BCUT2D eigenvalue weighted by Gasteiger charge is 2.50. The van der Waals surface area contributed by atoms with Crippen LogP contribution in [0.4, 0.5) is 0 Å². The summed E-state index contributed by atoms with van der Waals surface area (Å²) in [5.41, 5.74) is 5.22. The van der Waals surface area contributed by atoms with Crippen LogP contribution in [0.15, 0.2) is 60.7 Å². The van der Waals surface area contributed by atoms with E-state index in [1.807, 2.05) is 63.2 Å². The van der Waals surface area contributed by atoms with E-state index in [4.69, 9.17) is 9.47 Å². The van der Waals surface area contributed by atoms with Crippen molar-refractivity contribution in [2.45, 2.75) is 51.5 Å². The lowest BCUT2D eigenvalue weighted by molar-refractivity contribution is -0.120. The summed E-state index contributed by atoms with van der Waals surface area (Å²) in [4.78, 5) is 26.1. The second-order valence-corrected chi connectivity index (χ2v) is 10.5. The smallest absolute Gasteiger partial charge is 0.251 e. The van der Waals surface area contributed by atoms with E-state index in [1.165, 1.54) is 0 Å². The second kappa shape index (κ2) is 10.0. The van der Waals surface area contributed by atoms with Crippen LogP contribution in [0.5, 0.6) is 11.5 Å². The van der Waals surface area contributed by atoms with E-state index in [-0.39, 0.29) is 37.0 Å². The van der Waals surface area contributed by atoms with E-state index in [2.05, 4.69) is 11.4 Å². The number of hydrogen-bond acceptors (Lipinski definition) is 5. The molecule has 1 aliphatic carbocycles. The van der Waals surface area contributed by atoms with Gasteiger partial charge in [-0.15, -0.1) is 0 Å². The predicted octanol–water partition coefficient (Wildman–Crippen LogP) is 4.98. The van der Waals surface area contributed by atoms with Crippen molar-refractivity contribution < 1.29 is 24.2 Å². The Bertz CT molecular complexity index is 1320. The molecule has 2 N–H and O–H groups in total. The quantitative estimate of drug-likeness (QED) is 0.434. The molecule has 0 saturated heterocycles. The molecule has 5 rings (SSSR count). The summed E-state index contributed by atoms with van der Waals surface area (Å²) in [6.45, 7) is 6.10. The summed E-state index contributed by atoms with van der Waals surface area (Å²) >= 11 is 0. The van der Waals surface area contributed by atoms with E-state index in [0.717, 1.165) is 46.4 Å². The molecule has 0 bridgehead atoms. The number of fused-ring (bicyclic) bond motifs is 1. The maximum absolute atomic E-state index is 13.5. The van der Waals surface area contributed by atoms with Crippen molar-refractivity contribution in [3.8, 4) is 22.6 Å². The Morgan fingerprint density at radius 1 is 0.973 bits per heavy atom. The van der Waals surface area contributed by atoms with Gasteiger partial charge in [0.15, 0.2) is 11.5 Å². The van der Waals surface area contributed by atoms with Gasteiger partial charge >= 0.3 is 0 Å². The van der Waals surface area contributed by atoms with E-state index in [1.54, 1.807) is 12.1 Å². The number of nitrogens with one attached hydrogen (secondary N) is 1. The molecule has 0 aromatic heterocycles. The van der Waals surface area contributed by atoms with E-state index in [9.17, 15) is 14.7 Å². The molecule has 1 heterocycles. The molecule has 37 heavy (non-hydrogen) atoms. The number of aryl methyl sites for hydroxylation is 1. The number of ketones is 1. The van der Waals surface area contributed by atoms with Gasteiger partial charge in [-0.1, -0.05) is 50.2 Å². The summed E-state index contributed by atoms with van der Waals surface area (Å²) in [5.74, 6) is 1.60. The third-order valence-electron chi connectivity index (χ3n) is 7.65. The number of rotatable bonds is 9. The molecule has 6 heteroatoms. The SMILES string of the molecule is Cc1ccc(CC(=O)C2(c3ccc4c(c3)OCO4)CC2)cc1-c1ccc(C(=O)N[C@@H](CO)C(C)C)cc1. The molecule has 0 spiro atoms. The van der Waals surface area contributed by atoms with Crippen molar-refractivity contribution in [3.05, 3.63) is 82.9 Å². The fraction of sp³-hybridized carbons (Fsp3) is 0.355. The number of aliphatic hydroxyl groups excluding tert-OH is 1. The molecule has 0 radical (unpaired) electrons. The van der Waals surface area contributed by atoms with Crippen molar-refractivity contribution in [1.82, 2.24) is 5.32 Å². The van der Waals surface area contributed by atoms with Gasteiger partial charge in [-0.3, -0.25) is 9.59 Å². The fourth-order valence-corrected chi connectivity index (χ4v) is 4.97. The third kappa shape index (κ3) is 4.98. The van der Waals surface area contributed by atoms with Crippen LogP contribution in [0, 0.1) is 12.8 Å². The Morgan fingerprint density at radius 2 is 1.70 bits per heavy atom. The van der Waals surface area contributed by atoms with Crippen LogP contribution in [-0.2, 0) is 16.6 Å². The van der Waals surface area contributed by atoms with Gasteiger partial charge in [0, 0.05) is 12.0 Å². The molecular formula is C31H33NO5. The molecule has 1 atom stereocenters. The lowest BCUT2D eigenvalue weighted by atomic mass is 9.87. The number of ether oxygens (including phenoxy) is 2. The van der Waals surface area contributed by atoms with Crippen molar-refractivity contribution in [2.24, 2.45) is 5.92 Å². The highest BCUT2D eigenvalue weighted by atomic mass is 16.7. The zero-order chi connectivity index (χ0) is 26.2. The lowest BCUT2D eigenvalue weighted by Gasteiger charge is -2.20. The monoisotopic (exact) mass is 499 g/mol. The van der Waals surface area contributed by atoms with Crippen LogP contribution in [0.1, 0.15) is 53.7 Å². The fourth-order valence-electron chi connectivity index (χ4n) is 4.97. The molecule has 0 unspecified atom stereocenters. The first-order valence-corrected chi connectivity index (χ1v) is 12.9. The highest BCUT2D eigenvalue weighted by Crippen LogP contribution is 2.51. The number of aliphatic hydroxyl groups is 1. The van der Waals surface area contributed by atoms with E-state index in [0.29, 0.717) is 17.7 Å². The minimum atomic E-state index is -0.441. The molecule has 2 aliphatic rings. The average Bonchev–Trinajstić information content (AvgIpc) is 3.58. The molecule has 3 aromatic carbocycles. The topological polar surface area (TPSA) is 84.9 Å². The van der Waals surface area contributed by atoms with Crippen LogP contribution < -0.4 is 14.8 Å².